The normalized spacial score (nSPS) is 10.1. The predicted molar refractivity (Wildman–Crippen MR) is 25.6 cm³/mol. The van der Waals surface area contributed by atoms with Gasteiger partial charge in [0.05, 0.1) is 0 Å². The molecule has 0 aromatic carbocycles. The molecule has 0 bridgehead atoms. The van der Waals surface area contributed by atoms with Crippen LogP contribution in [0.1, 0.15) is 1.43 Å². The largest absolute Gasteiger partial charge is 1.00 e. The van der Waals surface area contributed by atoms with E-state index in [9.17, 15) is 4.57 Å². The molecule has 0 aliphatic rings. The van der Waals surface area contributed by atoms with Crippen molar-refractivity contribution in [2.24, 2.45) is 0 Å². The Morgan fingerprint density at radius 1 is 1.40 bits per heavy atom. The van der Waals surface area contributed by atoms with Crippen LogP contribution in [0.2, 0.25) is 0 Å². The van der Waals surface area contributed by atoms with Crippen molar-refractivity contribution in [1.82, 2.24) is 0 Å². The first kappa shape index (κ1) is 18.5. The summed E-state index contributed by atoms with van der Waals surface area (Å²) in [6.45, 7) is 0. The molecule has 0 fully saturated rings. The van der Waals surface area contributed by atoms with Crippen LogP contribution in [0.4, 0.5) is 0 Å². The van der Waals surface area contributed by atoms with Crippen molar-refractivity contribution < 1.29 is 101 Å². The minimum absolute atomic E-state index is 0. The Morgan fingerprint density at radius 3 is 1.70 bits per heavy atom. The van der Waals surface area contributed by atoms with Gasteiger partial charge in [-0.25, -0.2) is 8.88 Å². The molecule has 0 saturated carbocycles. The maximum absolute atomic E-state index is 9.61. The van der Waals surface area contributed by atoms with Crippen molar-refractivity contribution in [3.05, 3.63) is 0 Å². The Hall–Kier alpha value is 2.72. The van der Waals surface area contributed by atoms with Gasteiger partial charge in [-0.3, -0.25) is 0 Å². The third-order valence-electron chi connectivity index (χ3n) is 0.179. The average Bonchev–Trinajstić information content (AvgIpc) is 1.21. The molecule has 0 atom stereocenters. The number of phosphoric acid groups is 1. The van der Waals surface area contributed by atoms with Gasteiger partial charge >= 0.3 is 67.8 Å². The van der Waals surface area contributed by atoms with Gasteiger partial charge in [0.15, 0.2) is 0 Å². The van der Waals surface area contributed by atoms with E-state index in [1.54, 1.807) is 0 Å². The van der Waals surface area contributed by atoms with Crippen LogP contribution >= 0.6 is 16.4 Å². The van der Waals surface area contributed by atoms with E-state index in [0.29, 0.717) is 0 Å². The molecule has 0 heterocycles. The van der Waals surface area contributed by atoms with E-state index in [4.69, 9.17) is 19.6 Å². The second-order valence-corrected chi connectivity index (χ2v) is 2.96. The van der Waals surface area contributed by atoms with Crippen LogP contribution in [0.15, 0.2) is 0 Å². The summed E-state index contributed by atoms with van der Waals surface area (Å²) in [5.74, 6) is 0. The van der Waals surface area contributed by atoms with Crippen LogP contribution in [0, 0.1) is 0 Å². The summed E-state index contributed by atoms with van der Waals surface area (Å²) >= 11 is 0. The molecule has 0 rings (SSSR count). The van der Waals surface area contributed by atoms with Crippen molar-refractivity contribution in [3.8, 4) is 0 Å². The summed E-state index contributed by atoms with van der Waals surface area (Å²) in [5, 5.41) is 0. The third kappa shape index (κ3) is 17.0. The Morgan fingerprint density at radius 2 is 1.70 bits per heavy atom. The molecule has 0 amide bonds. The molecule has 0 saturated heterocycles. The molecule has 10 heteroatoms. The summed E-state index contributed by atoms with van der Waals surface area (Å²) in [6, 6.07) is 0. The van der Waals surface area contributed by atoms with Crippen LogP contribution in [-0.2, 0) is 28.4 Å². The summed E-state index contributed by atoms with van der Waals surface area (Å²) in [6.07, 6.45) is 0. The van der Waals surface area contributed by atoms with Gasteiger partial charge in [-0.15, -0.1) is 0 Å². The van der Waals surface area contributed by atoms with Crippen LogP contribution in [0.25, 0.3) is 0 Å². The Balaban J connectivity index is -0.0000000817. The first-order valence-corrected chi connectivity index (χ1v) is 4.04. The summed E-state index contributed by atoms with van der Waals surface area (Å²) < 4.78 is 12.9. The molecule has 0 aromatic rings. The number of hydrogen-bond donors (Lipinski definition) is 4. The zero-order valence-electron chi connectivity index (χ0n) is 6.21. The van der Waals surface area contributed by atoms with E-state index in [1.807, 2.05) is 0 Å². The van der Waals surface area contributed by atoms with Gasteiger partial charge in [0.2, 0.25) is 0 Å². The maximum Gasteiger partial charge on any atom is 1.00 e. The van der Waals surface area contributed by atoms with Gasteiger partial charge in [0.1, 0.15) is 0 Å². The number of hydrogen-bond acceptors (Lipinski definition) is 4. The van der Waals surface area contributed by atoms with Crippen molar-refractivity contribution >= 4 is 16.4 Å². The molecule has 0 unspecified atom stereocenters. The van der Waals surface area contributed by atoms with E-state index in [-0.39, 0.29) is 72.3 Å². The second-order valence-electron chi connectivity index (χ2n) is 0.825. The summed E-state index contributed by atoms with van der Waals surface area (Å²) in [5.41, 5.74) is 0. The van der Waals surface area contributed by atoms with E-state index >= 15 is 0 Å². The van der Waals surface area contributed by atoms with Gasteiger partial charge < -0.3 is 21.0 Å². The van der Waals surface area contributed by atoms with E-state index in [1.165, 1.54) is 0 Å². The first-order valence-electron chi connectivity index (χ1n) is 1.35. The predicted octanol–water partition coefficient (Wildman–Crippen LogP) is -3.58. The molecule has 0 aliphatic heterocycles. The van der Waals surface area contributed by atoms with Crippen LogP contribution in [0.3, 0.4) is 0 Å². The van der Waals surface area contributed by atoms with Crippen LogP contribution in [0.5, 0.6) is 0 Å². The molecule has 0 aromatic heterocycles. The molecule has 0 aliphatic carbocycles. The van der Waals surface area contributed by atoms with Crippen molar-refractivity contribution in [3.63, 3.8) is 0 Å². The molecule has 0 spiro atoms. The zero-order chi connectivity index (χ0) is 6.78. The van der Waals surface area contributed by atoms with E-state index < -0.39 is 16.4 Å². The number of rotatable bonds is 2. The SMILES string of the molecule is O=P(O)(O)OP(O)O.[H-].[K+].[Zn]. The minimum atomic E-state index is -4.69. The van der Waals surface area contributed by atoms with Gasteiger partial charge in [0.25, 0.3) is 0 Å². The quantitative estimate of drug-likeness (QED) is 0.304. The zero-order valence-corrected chi connectivity index (χ0v) is 13.1. The molecular weight excluding hydrogens is 262 g/mol. The molecular formula is H5KO6P2Zn. The first-order chi connectivity index (χ1) is 3.42. The third-order valence-corrected chi connectivity index (χ3v) is 1.61. The maximum atomic E-state index is 9.61. The van der Waals surface area contributed by atoms with Crippen molar-refractivity contribution in [2.75, 3.05) is 0 Å². The van der Waals surface area contributed by atoms with Crippen LogP contribution in [-0.4, -0.2) is 19.6 Å². The van der Waals surface area contributed by atoms with Crippen molar-refractivity contribution in [2.45, 2.75) is 0 Å². The molecule has 0 radical (unpaired) electrons. The van der Waals surface area contributed by atoms with Gasteiger partial charge in [-0.1, -0.05) is 0 Å². The second kappa shape index (κ2) is 8.32. The van der Waals surface area contributed by atoms with Crippen molar-refractivity contribution in [1.29, 1.82) is 0 Å². The van der Waals surface area contributed by atoms with Gasteiger partial charge in [-0.2, -0.15) is 0 Å². The topological polar surface area (TPSA) is 107 Å². The molecule has 6 nitrogen and oxygen atoms in total. The molecule has 10 heavy (non-hydrogen) atoms. The Kier molecular flexibility index (Phi) is 15.4. The fraction of sp³-hybridized carbons (Fsp3) is 0. The molecule has 4 N–H and O–H groups in total. The van der Waals surface area contributed by atoms with Crippen LogP contribution < -0.4 is 51.4 Å². The van der Waals surface area contributed by atoms with E-state index in [0.717, 1.165) is 0 Å². The monoisotopic (exact) mass is 266 g/mol. The summed E-state index contributed by atoms with van der Waals surface area (Å²) in [7, 11) is -7.64. The smallest absolute Gasteiger partial charge is 1.00 e. The fourth-order valence-electron chi connectivity index (χ4n) is 0.0951. The fourth-order valence-corrected chi connectivity index (χ4v) is 0.856. The Bertz CT molecular complexity index is 113. The van der Waals surface area contributed by atoms with E-state index in [2.05, 4.69) is 4.31 Å². The average molecular weight is 267 g/mol. The standard InChI is InChI=1S/K.H4O6P2.Zn.H/c;1-7(2)6-8(3,4)5;;/h;1-2H,(H2,3,4,5);;/q+1;;;-1. The minimum Gasteiger partial charge on any atom is -1.00 e. The van der Waals surface area contributed by atoms with Gasteiger partial charge in [0, 0.05) is 19.5 Å². The summed E-state index contributed by atoms with van der Waals surface area (Å²) in [4.78, 5) is 31.1. The molecule has 54 valence electrons. The Labute approximate surface area is 115 Å². The van der Waals surface area contributed by atoms with Gasteiger partial charge in [-0.05, 0) is 0 Å².